The summed E-state index contributed by atoms with van der Waals surface area (Å²) in [4.78, 5) is 38.1. The minimum absolute atomic E-state index is 0.0705. The molecule has 6 heteroatoms. The van der Waals surface area contributed by atoms with Crippen molar-refractivity contribution in [2.45, 2.75) is 297 Å². The summed E-state index contributed by atoms with van der Waals surface area (Å²) in [5, 5.41) is 0. The molecule has 0 heterocycles. The van der Waals surface area contributed by atoms with E-state index < -0.39 is 6.10 Å². The lowest BCUT2D eigenvalue weighted by molar-refractivity contribution is -0.167. The van der Waals surface area contributed by atoms with Crippen molar-refractivity contribution >= 4 is 17.9 Å². The molecule has 0 fully saturated rings. The van der Waals surface area contributed by atoms with Crippen molar-refractivity contribution in [3.63, 3.8) is 0 Å². The van der Waals surface area contributed by atoms with Crippen LogP contribution >= 0.6 is 0 Å². The fraction of sp³-hybridized carbons (Fsp3) is 0.842. The molecule has 6 nitrogen and oxygen atoms in total. The number of carbonyl (C=O) groups is 3. The second kappa shape index (κ2) is 52.3. The molecule has 0 saturated heterocycles. The topological polar surface area (TPSA) is 78.9 Å². The normalized spacial score (nSPS) is 12.2. The van der Waals surface area contributed by atoms with E-state index in [2.05, 4.69) is 57.2 Å². The minimum atomic E-state index is -0.771. The number of allylic oxidation sites excluding steroid dienone is 6. The first kappa shape index (κ1) is 60.6. The SMILES string of the molecule is CC/C=C\C/C=C\C/C=C\CCCCCCCCCC(=O)OCC(COC(=O)CCCCCCCCCCCCCCC)OC(=O)CCCCCCCCCCCCCCCCC. The van der Waals surface area contributed by atoms with E-state index in [9.17, 15) is 14.4 Å². The van der Waals surface area contributed by atoms with Crippen LogP contribution in [0.3, 0.4) is 0 Å². The van der Waals surface area contributed by atoms with Gasteiger partial charge in [-0.2, -0.15) is 0 Å². The van der Waals surface area contributed by atoms with Crippen molar-refractivity contribution in [3.05, 3.63) is 36.5 Å². The van der Waals surface area contributed by atoms with Gasteiger partial charge in [0.25, 0.3) is 0 Å². The van der Waals surface area contributed by atoms with E-state index in [0.717, 1.165) is 83.5 Å². The van der Waals surface area contributed by atoms with Crippen LogP contribution in [-0.4, -0.2) is 37.2 Å². The van der Waals surface area contributed by atoms with Crippen molar-refractivity contribution in [2.75, 3.05) is 13.2 Å². The molecule has 0 bridgehead atoms. The van der Waals surface area contributed by atoms with Gasteiger partial charge >= 0.3 is 17.9 Å². The molecule has 0 radical (unpaired) electrons. The van der Waals surface area contributed by atoms with Crippen molar-refractivity contribution in [1.29, 1.82) is 0 Å². The molecule has 0 N–H and O–H groups in total. The number of unbranched alkanes of at least 4 members (excludes halogenated alkanes) is 33. The van der Waals surface area contributed by atoms with Gasteiger partial charge in [0, 0.05) is 19.3 Å². The maximum Gasteiger partial charge on any atom is 0.306 e. The molecule has 1 unspecified atom stereocenters. The van der Waals surface area contributed by atoms with E-state index in [1.165, 1.54) is 167 Å². The predicted octanol–water partition coefficient (Wildman–Crippen LogP) is 18.1. The second-order valence-corrected chi connectivity index (χ2v) is 18.5. The van der Waals surface area contributed by atoms with Gasteiger partial charge in [0.2, 0.25) is 0 Å². The fourth-order valence-corrected chi connectivity index (χ4v) is 8.05. The Morgan fingerprint density at radius 1 is 0.333 bits per heavy atom. The molecule has 368 valence electrons. The van der Waals surface area contributed by atoms with Crippen LogP contribution in [0, 0.1) is 0 Å². The zero-order valence-electron chi connectivity index (χ0n) is 42.1. The molecule has 63 heavy (non-hydrogen) atoms. The van der Waals surface area contributed by atoms with Gasteiger partial charge in [-0.3, -0.25) is 14.4 Å². The lowest BCUT2D eigenvalue weighted by atomic mass is 10.0. The summed E-state index contributed by atoms with van der Waals surface area (Å²) in [7, 11) is 0. The maximum absolute atomic E-state index is 12.8. The minimum Gasteiger partial charge on any atom is -0.462 e. The number of ether oxygens (including phenoxy) is 3. The number of hydrogen-bond acceptors (Lipinski definition) is 6. The molecule has 0 rings (SSSR count). The third kappa shape index (κ3) is 50.5. The quantitative estimate of drug-likeness (QED) is 0.0262. The molecule has 0 aliphatic rings. The molecule has 0 spiro atoms. The first-order valence-electron chi connectivity index (χ1n) is 27.5. The van der Waals surface area contributed by atoms with E-state index in [1.54, 1.807) is 0 Å². The summed E-state index contributed by atoms with van der Waals surface area (Å²) in [5.41, 5.74) is 0. The van der Waals surface area contributed by atoms with Gasteiger partial charge in [0.15, 0.2) is 6.10 Å². The summed E-state index contributed by atoms with van der Waals surface area (Å²) < 4.78 is 16.8. The number of rotatable bonds is 50. The molecule has 0 amide bonds. The van der Waals surface area contributed by atoms with Crippen molar-refractivity contribution in [2.24, 2.45) is 0 Å². The second-order valence-electron chi connectivity index (χ2n) is 18.5. The van der Waals surface area contributed by atoms with Gasteiger partial charge in [-0.15, -0.1) is 0 Å². The van der Waals surface area contributed by atoms with Crippen molar-refractivity contribution in [1.82, 2.24) is 0 Å². The van der Waals surface area contributed by atoms with Crippen LogP contribution < -0.4 is 0 Å². The average molecular weight is 885 g/mol. The Morgan fingerprint density at radius 3 is 0.968 bits per heavy atom. The molecule has 0 aliphatic heterocycles. The van der Waals surface area contributed by atoms with Crippen LogP contribution in [-0.2, 0) is 28.6 Å². The van der Waals surface area contributed by atoms with Crippen LogP contribution in [0.15, 0.2) is 36.5 Å². The Bertz CT molecular complexity index is 1060. The molecular formula is C57H104O6. The summed E-state index contributed by atoms with van der Waals surface area (Å²) in [5.74, 6) is -0.864. The maximum atomic E-state index is 12.8. The zero-order chi connectivity index (χ0) is 45.8. The fourth-order valence-electron chi connectivity index (χ4n) is 8.05. The largest absolute Gasteiger partial charge is 0.462 e. The molecular weight excluding hydrogens is 781 g/mol. The molecule has 0 aromatic rings. The van der Waals surface area contributed by atoms with Crippen molar-refractivity contribution < 1.29 is 28.6 Å². The molecule has 0 saturated carbocycles. The highest BCUT2D eigenvalue weighted by Gasteiger charge is 2.19. The van der Waals surface area contributed by atoms with Crippen molar-refractivity contribution in [3.8, 4) is 0 Å². The van der Waals surface area contributed by atoms with Crippen LogP contribution in [0.25, 0.3) is 0 Å². The van der Waals surface area contributed by atoms with Gasteiger partial charge in [-0.05, 0) is 51.4 Å². The Balaban J connectivity index is 4.34. The Morgan fingerprint density at radius 2 is 0.619 bits per heavy atom. The zero-order valence-corrected chi connectivity index (χ0v) is 42.1. The molecule has 0 aromatic heterocycles. The monoisotopic (exact) mass is 885 g/mol. The van der Waals surface area contributed by atoms with Crippen LogP contribution in [0.2, 0.25) is 0 Å². The Hall–Kier alpha value is -2.37. The van der Waals surface area contributed by atoms with E-state index in [1.807, 2.05) is 0 Å². The number of esters is 3. The molecule has 0 aromatic carbocycles. The summed E-state index contributed by atoms with van der Waals surface area (Å²) >= 11 is 0. The van der Waals surface area contributed by atoms with Gasteiger partial charge in [-0.25, -0.2) is 0 Å². The molecule has 0 aliphatic carbocycles. The number of carbonyl (C=O) groups excluding carboxylic acids is 3. The molecule has 1 atom stereocenters. The van der Waals surface area contributed by atoms with E-state index in [0.29, 0.717) is 19.3 Å². The highest BCUT2D eigenvalue weighted by Crippen LogP contribution is 2.16. The Kier molecular flexibility index (Phi) is 50.3. The third-order valence-electron chi connectivity index (χ3n) is 12.2. The lowest BCUT2D eigenvalue weighted by Gasteiger charge is -2.18. The van der Waals surface area contributed by atoms with E-state index in [4.69, 9.17) is 14.2 Å². The van der Waals surface area contributed by atoms with Gasteiger partial charge in [-0.1, -0.05) is 256 Å². The van der Waals surface area contributed by atoms with Crippen LogP contribution in [0.5, 0.6) is 0 Å². The van der Waals surface area contributed by atoms with Crippen LogP contribution in [0.4, 0.5) is 0 Å². The van der Waals surface area contributed by atoms with Gasteiger partial charge in [0.05, 0.1) is 0 Å². The Labute approximate surface area is 391 Å². The van der Waals surface area contributed by atoms with E-state index in [-0.39, 0.29) is 31.1 Å². The standard InChI is InChI=1S/C57H104O6/c1-4-7-10-13-16-19-22-25-27-28-30-32-35-38-41-44-47-50-56(59)62-53-54(52-61-55(58)49-46-43-40-37-34-31-24-21-18-15-12-9-6-3)63-57(60)51-48-45-42-39-36-33-29-26-23-20-17-14-11-8-5-2/h7,10,16,19,25,27,54H,4-6,8-9,11-15,17-18,20-24,26,28-53H2,1-3H3/b10-7-,19-16-,27-25-. The summed E-state index contributed by atoms with van der Waals surface area (Å²) in [6.45, 7) is 6.56. The first-order valence-corrected chi connectivity index (χ1v) is 27.5. The number of hydrogen-bond donors (Lipinski definition) is 0. The smallest absolute Gasteiger partial charge is 0.306 e. The van der Waals surface area contributed by atoms with E-state index >= 15 is 0 Å². The predicted molar refractivity (Wildman–Crippen MR) is 270 cm³/mol. The average Bonchev–Trinajstić information content (AvgIpc) is 3.28. The summed E-state index contributed by atoms with van der Waals surface area (Å²) in [6, 6.07) is 0. The highest BCUT2D eigenvalue weighted by atomic mass is 16.6. The first-order chi connectivity index (χ1) is 31.0. The van der Waals surface area contributed by atoms with Crippen LogP contribution in [0.1, 0.15) is 290 Å². The lowest BCUT2D eigenvalue weighted by Crippen LogP contribution is -2.30. The summed E-state index contributed by atoms with van der Waals surface area (Å²) in [6.07, 6.45) is 61.2. The van der Waals surface area contributed by atoms with Gasteiger partial charge in [0.1, 0.15) is 13.2 Å². The third-order valence-corrected chi connectivity index (χ3v) is 12.2. The van der Waals surface area contributed by atoms with Gasteiger partial charge < -0.3 is 14.2 Å². The highest BCUT2D eigenvalue weighted by molar-refractivity contribution is 5.71.